The van der Waals surface area contributed by atoms with Crippen LogP contribution >= 0.6 is 0 Å². The normalized spacial score (nSPS) is 35.3. The number of hydrogen-bond acceptors (Lipinski definition) is 1. The summed E-state index contributed by atoms with van der Waals surface area (Å²) in [6.07, 6.45) is 8.88. The van der Waals surface area contributed by atoms with E-state index in [0.717, 1.165) is 11.8 Å². The summed E-state index contributed by atoms with van der Waals surface area (Å²) in [5, 5.41) is 0. The summed E-state index contributed by atoms with van der Waals surface area (Å²) in [5.41, 5.74) is 2.47. The number of halogens is 1. The summed E-state index contributed by atoms with van der Waals surface area (Å²) in [6, 6.07) is 4.28. The van der Waals surface area contributed by atoms with Gasteiger partial charge in [0.2, 0.25) is 12.3 Å². The van der Waals surface area contributed by atoms with Crippen molar-refractivity contribution in [2.75, 3.05) is 0 Å². The van der Waals surface area contributed by atoms with E-state index in [1.54, 1.807) is 0 Å². The summed E-state index contributed by atoms with van der Waals surface area (Å²) < 4.78 is 2.14. The second-order valence-corrected chi connectivity index (χ2v) is 7.90. The van der Waals surface area contributed by atoms with Gasteiger partial charge >= 0.3 is 0 Å². The Morgan fingerprint density at radius 1 is 1.09 bits per heavy atom. The van der Waals surface area contributed by atoms with E-state index >= 15 is 0 Å². The quantitative estimate of drug-likeness (QED) is 0.704. The molecule has 4 aliphatic rings. The first-order chi connectivity index (χ1) is 10.1. The van der Waals surface area contributed by atoms with Crippen molar-refractivity contribution in [2.45, 2.75) is 52.5 Å². The van der Waals surface area contributed by atoms with Crippen LogP contribution in [-0.4, -0.2) is 5.78 Å². The Bertz CT molecular complexity index is 555. The van der Waals surface area contributed by atoms with Gasteiger partial charge in [-0.25, -0.2) is 0 Å². The van der Waals surface area contributed by atoms with E-state index in [-0.39, 0.29) is 17.0 Å². The van der Waals surface area contributed by atoms with Gasteiger partial charge in [-0.15, -0.1) is 0 Å². The molecule has 1 heterocycles. The van der Waals surface area contributed by atoms with Gasteiger partial charge in [0.05, 0.1) is 0 Å². The standard InChI is InChI=1S/C19H26NO.BrH/c1-12-3-4-20(13(2)5-12)11-18(21)19-16-7-14-6-15(9-16)10-17(19)8-14;/h3-5,14-17,19H,6-11H2,1-2H3;1H/q+1;/p-1. The van der Waals surface area contributed by atoms with Crippen LogP contribution in [0.4, 0.5) is 0 Å². The number of nitrogens with zero attached hydrogens (tertiary/aromatic N) is 1. The minimum absolute atomic E-state index is 0. The third-order valence-electron chi connectivity index (χ3n) is 6.33. The zero-order chi connectivity index (χ0) is 14.6. The van der Waals surface area contributed by atoms with Crippen molar-refractivity contribution < 1.29 is 26.3 Å². The van der Waals surface area contributed by atoms with Crippen molar-refractivity contribution in [1.29, 1.82) is 0 Å². The highest BCUT2D eigenvalue weighted by atomic mass is 79.9. The molecule has 0 radical (unpaired) electrons. The maximum atomic E-state index is 12.9. The van der Waals surface area contributed by atoms with Gasteiger partial charge in [0.1, 0.15) is 0 Å². The number of pyridine rings is 1. The van der Waals surface area contributed by atoms with Crippen molar-refractivity contribution in [3.05, 3.63) is 29.6 Å². The van der Waals surface area contributed by atoms with Crippen molar-refractivity contribution in [2.24, 2.45) is 29.6 Å². The SMILES string of the molecule is Cc1cc[n+](CC(=O)C2C3CC4CC(C3)CC2C4)c(C)c1.[Br-]. The number of carbonyl (C=O) groups excluding carboxylic acids is 1. The van der Waals surface area contributed by atoms with Gasteiger partial charge in [-0.2, -0.15) is 4.57 Å². The number of ketones is 1. The molecule has 0 atom stereocenters. The average Bonchev–Trinajstić information content (AvgIpc) is 2.40. The van der Waals surface area contributed by atoms with Crippen LogP contribution in [0.25, 0.3) is 0 Å². The van der Waals surface area contributed by atoms with Gasteiger partial charge in [0.25, 0.3) is 0 Å². The average molecular weight is 364 g/mol. The van der Waals surface area contributed by atoms with Gasteiger partial charge in [-0.3, -0.25) is 4.79 Å². The molecule has 0 spiro atoms. The van der Waals surface area contributed by atoms with Crippen LogP contribution in [0.3, 0.4) is 0 Å². The van der Waals surface area contributed by atoms with Gasteiger partial charge in [0.15, 0.2) is 11.9 Å². The lowest BCUT2D eigenvalue weighted by Gasteiger charge is -2.53. The molecule has 4 saturated carbocycles. The summed E-state index contributed by atoms with van der Waals surface area (Å²) in [6.45, 7) is 4.80. The number of aryl methyl sites for hydroxylation is 2. The molecule has 22 heavy (non-hydrogen) atoms. The van der Waals surface area contributed by atoms with Crippen LogP contribution in [0, 0.1) is 43.4 Å². The monoisotopic (exact) mass is 363 g/mol. The summed E-state index contributed by atoms with van der Waals surface area (Å²) in [7, 11) is 0. The Labute approximate surface area is 144 Å². The van der Waals surface area contributed by atoms with Crippen LogP contribution in [0.15, 0.2) is 18.3 Å². The van der Waals surface area contributed by atoms with Gasteiger partial charge in [-0.1, -0.05) is 0 Å². The minimum atomic E-state index is 0. The molecule has 1 aromatic heterocycles. The van der Waals surface area contributed by atoms with E-state index in [2.05, 4.69) is 36.7 Å². The fourth-order valence-electron chi connectivity index (χ4n) is 5.69. The van der Waals surface area contributed by atoms with Crippen LogP contribution in [0.1, 0.15) is 43.4 Å². The second-order valence-electron chi connectivity index (χ2n) is 7.90. The fourth-order valence-corrected chi connectivity index (χ4v) is 5.69. The van der Waals surface area contributed by atoms with E-state index in [0.29, 0.717) is 30.1 Å². The Morgan fingerprint density at radius 2 is 1.68 bits per heavy atom. The number of aromatic nitrogens is 1. The van der Waals surface area contributed by atoms with Crippen LogP contribution in [0.2, 0.25) is 0 Å². The number of hydrogen-bond donors (Lipinski definition) is 0. The third kappa shape index (κ3) is 2.77. The van der Waals surface area contributed by atoms with Gasteiger partial charge in [-0.05, 0) is 68.3 Å². The lowest BCUT2D eigenvalue weighted by molar-refractivity contribution is -0.690. The Balaban J connectivity index is 0.00000144. The second kappa shape index (κ2) is 6.07. The first-order valence-electron chi connectivity index (χ1n) is 8.59. The summed E-state index contributed by atoms with van der Waals surface area (Å²) in [4.78, 5) is 12.9. The molecule has 1 aromatic rings. The molecule has 4 fully saturated rings. The van der Waals surface area contributed by atoms with Crippen LogP contribution in [-0.2, 0) is 11.3 Å². The molecule has 3 heteroatoms. The maximum Gasteiger partial charge on any atom is 0.207 e. The van der Waals surface area contributed by atoms with E-state index in [9.17, 15) is 4.79 Å². The predicted molar refractivity (Wildman–Crippen MR) is 81.7 cm³/mol. The zero-order valence-electron chi connectivity index (χ0n) is 13.6. The molecule has 120 valence electrons. The lowest BCUT2D eigenvalue weighted by atomic mass is 9.51. The number of rotatable bonds is 3. The van der Waals surface area contributed by atoms with Gasteiger partial charge < -0.3 is 17.0 Å². The van der Waals surface area contributed by atoms with Crippen LogP contribution in [0.5, 0.6) is 0 Å². The highest BCUT2D eigenvalue weighted by Gasteiger charge is 2.51. The molecule has 0 saturated heterocycles. The first-order valence-corrected chi connectivity index (χ1v) is 8.59. The van der Waals surface area contributed by atoms with Crippen molar-refractivity contribution in [3.8, 4) is 0 Å². The van der Waals surface area contributed by atoms with Crippen molar-refractivity contribution in [3.63, 3.8) is 0 Å². The smallest absolute Gasteiger partial charge is 0.207 e. The molecule has 0 aliphatic heterocycles. The largest absolute Gasteiger partial charge is 1.00 e. The Hall–Kier alpha value is -0.700. The zero-order valence-corrected chi connectivity index (χ0v) is 15.2. The highest BCUT2D eigenvalue weighted by Crippen LogP contribution is 2.56. The maximum absolute atomic E-state index is 12.9. The molecule has 0 N–H and O–H groups in total. The highest BCUT2D eigenvalue weighted by molar-refractivity contribution is 5.80. The van der Waals surface area contributed by atoms with Crippen LogP contribution < -0.4 is 21.5 Å². The Kier molecular flexibility index (Phi) is 4.46. The molecular formula is C19H26BrNO. The van der Waals surface area contributed by atoms with E-state index in [1.807, 2.05) is 0 Å². The van der Waals surface area contributed by atoms with Crippen molar-refractivity contribution in [1.82, 2.24) is 0 Å². The topological polar surface area (TPSA) is 20.9 Å². The summed E-state index contributed by atoms with van der Waals surface area (Å²) >= 11 is 0. The predicted octanol–water partition coefficient (Wildman–Crippen LogP) is 0.236. The molecule has 0 unspecified atom stereocenters. The van der Waals surface area contributed by atoms with Gasteiger partial charge in [0, 0.05) is 25.0 Å². The first kappa shape index (κ1) is 16.2. The number of Topliss-reactive ketones (excluding diaryl/α,β-unsaturated/α-hetero) is 1. The molecule has 0 aromatic carbocycles. The summed E-state index contributed by atoms with van der Waals surface area (Å²) in [5.74, 6) is 4.18. The third-order valence-corrected chi connectivity index (χ3v) is 6.33. The molecule has 4 aliphatic carbocycles. The number of carbonyl (C=O) groups is 1. The lowest BCUT2D eigenvalue weighted by Crippen LogP contribution is -3.00. The van der Waals surface area contributed by atoms with E-state index < -0.39 is 0 Å². The molecule has 0 amide bonds. The fraction of sp³-hybridized carbons (Fsp3) is 0.684. The Morgan fingerprint density at radius 3 is 2.23 bits per heavy atom. The molecular weight excluding hydrogens is 338 g/mol. The molecule has 5 rings (SSSR count). The van der Waals surface area contributed by atoms with Crippen molar-refractivity contribution >= 4 is 5.78 Å². The molecule has 2 nitrogen and oxygen atoms in total. The van der Waals surface area contributed by atoms with E-state index in [4.69, 9.17) is 0 Å². The van der Waals surface area contributed by atoms with E-state index in [1.165, 1.54) is 43.4 Å². The minimum Gasteiger partial charge on any atom is -1.00 e. The molecule has 4 bridgehead atoms.